The highest BCUT2D eigenvalue weighted by Gasteiger charge is 2.60. The molecule has 5 fully saturated rings. The van der Waals surface area contributed by atoms with Crippen LogP contribution in [0.1, 0.15) is 110 Å². The number of aliphatic hydroxyl groups is 1. The lowest BCUT2D eigenvalue weighted by molar-refractivity contribution is -0.165. The maximum atomic E-state index is 13.3. The van der Waals surface area contributed by atoms with E-state index in [0.29, 0.717) is 23.2 Å². The molecule has 0 bridgehead atoms. The van der Waals surface area contributed by atoms with E-state index in [1.54, 1.807) is 0 Å². The number of rotatable bonds is 6. The summed E-state index contributed by atoms with van der Waals surface area (Å²) in [5.41, 5.74) is 1.54. The van der Waals surface area contributed by atoms with Gasteiger partial charge in [0.05, 0.1) is 6.10 Å². The molecule has 9 atom stereocenters. The second kappa shape index (κ2) is 10.8. The second-order valence-corrected chi connectivity index (χ2v) is 14.9. The van der Waals surface area contributed by atoms with Gasteiger partial charge in [-0.15, -0.1) is 0 Å². The van der Waals surface area contributed by atoms with Crippen molar-refractivity contribution in [2.75, 3.05) is 13.1 Å². The van der Waals surface area contributed by atoms with E-state index in [4.69, 9.17) is 4.74 Å². The van der Waals surface area contributed by atoms with Gasteiger partial charge in [-0.25, -0.2) is 0 Å². The van der Waals surface area contributed by atoms with Crippen LogP contribution in [0.3, 0.4) is 0 Å². The van der Waals surface area contributed by atoms with Gasteiger partial charge in [-0.3, -0.25) is 4.79 Å². The summed E-state index contributed by atoms with van der Waals surface area (Å²) in [7, 11) is 0. The van der Waals surface area contributed by atoms with Crippen molar-refractivity contribution in [1.82, 2.24) is 5.32 Å². The van der Waals surface area contributed by atoms with Crippen LogP contribution in [-0.4, -0.2) is 30.3 Å². The van der Waals surface area contributed by atoms with E-state index >= 15 is 0 Å². The number of carbonyl (C=O) groups is 1. The summed E-state index contributed by atoms with van der Waals surface area (Å²) in [6.45, 7) is 9.43. The Morgan fingerprint density at radius 3 is 2.44 bits per heavy atom. The van der Waals surface area contributed by atoms with Gasteiger partial charge in [0.1, 0.15) is 5.60 Å². The Morgan fingerprint density at radius 1 is 0.949 bits per heavy atom. The molecule has 5 aliphatic rings. The molecule has 6 rings (SSSR count). The standard InChI is InChI=1S/C35H53NO3/c1-24(9-14-32(38)39-35(19-21-36-22-20-35)25-7-5-4-6-8-25)29-12-13-30-28-11-10-26-23-27(37)15-17-33(26,2)31(28)16-18-34(29,30)3/h4-8,24,26-31,36-37H,9-23H2,1-3H3/t24-,26-,27?,28+,29-,30+,31+,33+,34-/m1/s1. The Kier molecular flexibility index (Phi) is 7.68. The Labute approximate surface area is 237 Å². The molecule has 0 spiro atoms. The fourth-order valence-electron chi connectivity index (χ4n) is 11.0. The van der Waals surface area contributed by atoms with Gasteiger partial charge < -0.3 is 15.2 Å². The molecule has 0 radical (unpaired) electrons. The minimum absolute atomic E-state index is 0.0123. The number of piperidine rings is 1. The van der Waals surface area contributed by atoms with Gasteiger partial charge >= 0.3 is 5.97 Å². The molecule has 1 aliphatic heterocycles. The lowest BCUT2D eigenvalue weighted by Crippen LogP contribution is -2.54. The third kappa shape index (κ3) is 4.90. The quantitative estimate of drug-likeness (QED) is 0.377. The molecule has 4 aliphatic carbocycles. The molecule has 1 aromatic carbocycles. The van der Waals surface area contributed by atoms with Crippen LogP contribution in [-0.2, 0) is 15.1 Å². The monoisotopic (exact) mass is 535 g/mol. The molecule has 4 heteroatoms. The first-order valence-electron chi connectivity index (χ1n) is 16.4. The van der Waals surface area contributed by atoms with Gasteiger partial charge in [0.25, 0.3) is 0 Å². The van der Waals surface area contributed by atoms with Gasteiger partial charge in [-0.1, -0.05) is 51.1 Å². The molecule has 39 heavy (non-hydrogen) atoms. The van der Waals surface area contributed by atoms with E-state index in [1.165, 1.54) is 44.9 Å². The van der Waals surface area contributed by atoms with Crippen molar-refractivity contribution >= 4 is 5.97 Å². The number of carbonyl (C=O) groups excluding carboxylic acids is 1. The van der Waals surface area contributed by atoms with E-state index < -0.39 is 5.60 Å². The zero-order valence-corrected chi connectivity index (χ0v) is 24.8. The predicted octanol–water partition coefficient (Wildman–Crippen LogP) is 7.24. The Hall–Kier alpha value is -1.39. The third-order valence-corrected chi connectivity index (χ3v) is 13.2. The molecule has 0 amide bonds. The van der Waals surface area contributed by atoms with E-state index in [2.05, 4.69) is 50.4 Å². The van der Waals surface area contributed by atoms with Gasteiger partial charge in [-0.05, 0) is 129 Å². The molecular weight excluding hydrogens is 482 g/mol. The maximum absolute atomic E-state index is 13.3. The van der Waals surface area contributed by atoms with Crippen LogP contribution in [0.25, 0.3) is 0 Å². The van der Waals surface area contributed by atoms with Crippen molar-refractivity contribution in [2.24, 2.45) is 46.3 Å². The molecule has 1 aromatic rings. The van der Waals surface area contributed by atoms with Crippen molar-refractivity contribution in [2.45, 2.75) is 116 Å². The SMILES string of the molecule is C[C@H](CCC(=O)OC1(c2ccccc2)CCNCC1)[C@H]1CC[C@H]2[C@@H]3CC[C@@H]4CC(O)CC[C@]4(C)[C@H]3CC[C@]12C. The van der Waals surface area contributed by atoms with Crippen LogP contribution >= 0.6 is 0 Å². The minimum atomic E-state index is -0.472. The molecular formula is C35H53NO3. The smallest absolute Gasteiger partial charge is 0.306 e. The van der Waals surface area contributed by atoms with E-state index in [1.807, 2.05) is 6.07 Å². The van der Waals surface area contributed by atoms with Gasteiger partial charge in [0.2, 0.25) is 0 Å². The van der Waals surface area contributed by atoms with Gasteiger partial charge in [-0.2, -0.15) is 0 Å². The van der Waals surface area contributed by atoms with Crippen LogP contribution < -0.4 is 5.32 Å². The molecule has 0 aromatic heterocycles. The average Bonchev–Trinajstić information content (AvgIpc) is 3.30. The molecule has 1 heterocycles. The molecule has 4 nitrogen and oxygen atoms in total. The fraction of sp³-hybridized carbons (Fsp3) is 0.800. The topological polar surface area (TPSA) is 58.6 Å². The van der Waals surface area contributed by atoms with Crippen molar-refractivity contribution < 1.29 is 14.6 Å². The first kappa shape index (κ1) is 27.8. The van der Waals surface area contributed by atoms with Gasteiger partial charge in [0.15, 0.2) is 0 Å². The summed E-state index contributed by atoms with van der Waals surface area (Å²) < 4.78 is 6.35. The number of aliphatic hydroxyl groups excluding tert-OH is 1. The van der Waals surface area contributed by atoms with Crippen molar-refractivity contribution in [3.8, 4) is 0 Å². The number of ether oxygens (including phenoxy) is 1. The number of hydrogen-bond donors (Lipinski definition) is 2. The highest BCUT2D eigenvalue weighted by molar-refractivity contribution is 5.70. The summed E-state index contributed by atoms with van der Waals surface area (Å²) in [4.78, 5) is 13.3. The first-order valence-corrected chi connectivity index (χ1v) is 16.4. The summed E-state index contributed by atoms with van der Waals surface area (Å²) in [5, 5.41) is 13.8. The van der Waals surface area contributed by atoms with Crippen molar-refractivity contribution in [1.29, 1.82) is 0 Å². The highest BCUT2D eigenvalue weighted by Crippen LogP contribution is 2.68. The summed E-state index contributed by atoms with van der Waals surface area (Å²) in [5.74, 6) is 4.56. The Morgan fingerprint density at radius 2 is 1.67 bits per heavy atom. The molecule has 1 unspecified atom stereocenters. The van der Waals surface area contributed by atoms with Crippen LogP contribution in [0.2, 0.25) is 0 Å². The van der Waals surface area contributed by atoms with Crippen LogP contribution in [0.5, 0.6) is 0 Å². The lowest BCUT2D eigenvalue weighted by atomic mass is 9.44. The van der Waals surface area contributed by atoms with Crippen LogP contribution in [0.15, 0.2) is 30.3 Å². The first-order chi connectivity index (χ1) is 18.8. The number of fused-ring (bicyclic) bond motifs is 5. The highest BCUT2D eigenvalue weighted by atomic mass is 16.6. The van der Waals surface area contributed by atoms with E-state index in [0.717, 1.165) is 80.3 Å². The number of nitrogens with one attached hydrogen (secondary N) is 1. The minimum Gasteiger partial charge on any atom is -0.454 e. The molecule has 2 N–H and O–H groups in total. The number of esters is 1. The molecule has 1 saturated heterocycles. The number of benzene rings is 1. The predicted molar refractivity (Wildman–Crippen MR) is 156 cm³/mol. The zero-order valence-electron chi connectivity index (χ0n) is 24.8. The third-order valence-electron chi connectivity index (χ3n) is 13.2. The Balaban J connectivity index is 1.09. The maximum Gasteiger partial charge on any atom is 0.306 e. The van der Waals surface area contributed by atoms with E-state index in [-0.39, 0.29) is 12.1 Å². The lowest BCUT2D eigenvalue weighted by Gasteiger charge is -2.61. The van der Waals surface area contributed by atoms with Gasteiger partial charge in [0, 0.05) is 19.3 Å². The van der Waals surface area contributed by atoms with Crippen molar-refractivity contribution in [3.63, 3.8) is 0 Å². The second-order valence-electron chi connectivity index (χ2n) is 14.9. The molecule has 216 valence electrons. The zero-order chi connectivity index (χ0) is 27.3. The summed E-state index contributed by atoms with van der Waals surface area (Å²) in [6, 6.07) is 10.4. The van der Waals surface area contributed by atoms with Crippen LogP contribution in [0.4, 0.5) is 0 Å². The largest absolute Gasteiger partial charge is 0.454 e. The average molecular weight is 536 g/mol. The van der Waals surface area contributed by atoms with E-state index in [9.17, 15) is 9.90 Å². The Bertz CT molecular complexity index is 1000. The number of hydrogen-bond acceptors (Lipinski definition) is 4. The summed E-state index contributed by atoms with van der Waals surface area (Å²) in [6.07, 6.45) is 14.5. The summed E-state index contributed by atoms with van der Waals surface area (Å²) >= 11 is 0. The van der Waals surface area contributed by atoms with Crippen LogP contribution in [0, 0.1) is 46.3 Å². The fourth-order valence-corrected chi connectivity index (χ4v) is 11.0. The molecule has 4 saturated carbocycles. The van der Waals surface area contributed by atoms with Crippen molar-refractivity contribution in [3.05, 3.63) is 35.9 Å². The normalized spacial score (nSPS) is 42.1.